The largest absolute Gasteiger partial charge is 0.350 e. The Labute approximate surface area is 108 Å². The van der Waals surface area contributed by atoms with Gasteiger partial charge in [-0.05, 0) is 20.8 Å². The van der Waals surface area contributed by atoms with Crippen LogP contribution in [0.4, 0.5) is 0 Å². The summed E-state index contributed by atoms with van der Waals surface area (Å²) in [6, 6.07) is 0. The molecule has 6 nitrogen and oxygen atoms in total. The minimum atomic E-state index is -0.264. The predicted octanol–water partition coefficient (Wildman–Crippen LogP) is -1.08. The van der Waals surface area contributed by atoms with Crippen LogP contribution in [-0.2, 0) is 9.59 Å². The highest BCUT2D eigenvalue weighted by molar-refractivity contribution is 5.85. The van der Waals surface area contributed by atoms with Crippen LogP contribution in [0.3, 0.4) is 0 Å². The average Bonchev–Trinajstić information content (AvgIpc) is 2.25. The summed E-state index contributed by atoms with van der Waals surface area (Å²) in [4.78, 5) is 25.2. The first-order chi connectivity index (χ1) is 8.37. The first-order valence-electron chi connectivity index (χ1n) is 6.37. The van der Waals surface area contributed by atoms with E-state index in [-0.39, 0.29) is 23.9 Å². The van der Waals surface area contributed by atoms with Gasteiger partial charge in [0.1, 0.15) is 0 Å². The topological polar surface area (TPSA) is 73.5 Å². The maximum Gasteiger partial charge on any atom is 0.239 e. The Morgan fingerprint density at radius 3 is 2.33 bits per heavy atom. The number of piperazine rings is 1. The Morgan fingerprint density at radius 1 is 1.17 bits per heavy atom. The van der Waals surface area contributed by atoms with Crippen LogP contribution < -0.4 is 16.0 Å². The molecule has 0 aromatic heterocycles. The summed E-state index contributed by atoms with van der Waals surface area (Å²) in [5.41, 5.74) is -0.264. The van der Waals surface area contributed by atoms with E-state index >= 15 is 0 Å². The van der Waals surface area contributed by atoms with E-state index in [9.17, 15) is 9.59 Å². The van der Waals surface area contributed by atoms with E-state index in [1.54, 1.807) is 0 Å². The van der Waals surface area contributed by atoms with Crippen LogP contribution in [0.25, 0.3) is 0 Å². The summed E-state index contributed by atoms with van der Waals surface area (Å²) >= 11 is 0. The van der Waals surface area contributed by atoms with E-state index < -0.39 is 0 Å². The van der Waals surface area contributed by atoms with Gasteiger partial charge in [0.15, 0.2) is 0 Å². The summed E-state index contributed by atoms with van der Waals surface area (Å²) in [5, 5.41) is 8.67. The monoisotopic (exact) mass is 256 g/mol. The van der Waals surface area contributed by atoms with Crippen molar-refractivity contribution < 1.29 is 9.59 Å². The molecule has 3 N–H and O–H groups in total. The third-order valence-corrected chi connectivity index (χ3v) is 2.54. The lowest BCUT2D eigenvalue weighted by molar-refractivity contribution is -0.127. The van der Waals surface area contributed by atoms with Crippen molar-refractivity contribution in [1.29, 1.82) is 0 Å². The summed E-state index contributed by atoms with van der Waals surface area (Å²) in [6.45, 7) is 9.72. The fraction of sp³-hybridized carbons (Fsp3) is 0.833. The van der Waals surface area contributed by atoms with Crippen LogP contribution in [0.2, 0.25) is 0 Å². The first kappa shape index (κ1) is 14.9. The first-order valence-corrected chi connectivity index (χ1v) is 6.37. The van der Waals surface area contributed by atoms with Gasteiger partial charge >= 0.3 is 0 Å². The van der Waals surface area contributed by atoms with Gasteiger partial charge in [0.25, 0.3) is 0 Å². The summed E-state index contributed by atoms with van der Waals surface area (Å²) in [5.74, 6) is -0.253. The minimum Gasteiger partial charge on any atom is -0.350 e. The van der Waals surface area contributed by atoms with E-state index in [1.807, 2.05) is 20.8 Å². The Morgan fingerprint density at radius 2 is 1.78 bits per heavy atom. The fourth-order valence-corrected chi connectivity index (χ4v) is 1.77. The second-order valence-corrected chi connectivity index (χ2v) is 5.60. The smallest absolute Gasteiger partial charge is 0.239 e. The lowest BCUT2D eigenvalue weighted by atomic mass is 10.1. The molecule has 0 aromatic carbocycles. The Hall–Kier alpha value is -1.14. The number of hydrogen-bond donors (Lipinski definition) is 3. The number of amides is 2. The molecule has 0 aromatic rings. The molecular weight excluding hydrogens is 232 g/mol. The van der Waals surface area contributed by atoms with Crippen molar-refractivity contribution in [1.82, 2.24) is 20.9 Å². The molecule has 0 saturated carbocycles. The van der Waals surface area contributed by atoms with Crippen molar-refractivity contribution in [3.63, 3.8) is 0 Å². The van der Waals surface area contributed by atoms with Crippen LogP contribution in [0.5, 0.6) is 0 Å². The Bertz CT molecular complexity index is 293. The number of nitrogens with one attached hydrogen (secondary N) is 3. The second-order valence-electron chi connectivity index (χ2n) is 5.60. The van der Waals surface area contributed by atoms with E-state index in [0.29, 0.717) is 6.54 Å². The standard InChI is InChI=1S/C12H24N4O2/c1-12(2,3)15-10(17)8-14-11(18)9-16-6-4-13-5-7-16/h13H,4-9H2,1-3H3,(H,14,18)(H,15,17). The summed E-state index contributed by atoms with van der Waals surface area (Å²) in [6.07, 6.45) is 0. The predicted molar refractivity (Wildman–Crippen MR) is 70.2 cm³/mol. The van der Waals surface area contributed by atoms with Crippen molar-refractivity contribution >= 4 is 11.8 Å². The van der Waals surface area contributed by atoms with Gasteiger partial charge in [0.05, 0.1) is 13.1 Å². The number of carbonyl (C=O) groups is 2. The zero-order chi connectivity index (χ0) is 13.6. The molecule has 0 atom stereocenters. The zero-order valence-electron chi connectivity index (χ0n) is 11.5. The summed E-state index contributed by atoms with van der Waals surface area (Å²) < 4.78 is 0. The van der Waals surface area contributed by atoms with Crippen molar-refractivity contribution in [3.8, 4) is 0 Å². The molecule has 0 unspecified atom stereocenters. The highest BCUT2D eigenvalue weighted by atomic mass is 16.2. The molecular formula is C12H24N4O2. The van der Waals surface area contributed by atoms with Crippen LogP contribution >= 0.6 is 0 Å². The average molecular weight is 256 g/mol. The van der Waals surface area contributed by atoms with Gasteiger partial charge in [0, 0.05) is 31.7 Å². The quantitative estimate of drug-likeness (QED) is 0.598. The molecule has 18 heavy (non-hydrogen) atoms. The molecule has 1 heterocycles. The van der Waals surface area contributed by atoms with Crippen LogP contribution in [0.15, 0.2) is 0 Å². The molecule has 0 radical (unpaired) electrons. The second kappa shape index (κ2) is 6.70. The lowest BCUT2D eigenvalue weighted by Gasteiger charge is -2.26. The maximum absolute atomic E-state index is 11.6. The molecule has 2 amide bonds. The number of rotatable bonds is 4. The van der Waals surface area contributed by atoms with Crippen LogP contribution in [-0.4, -0.2) is 61.5 Å². The lowest BCUT2D eigenvalue weighted by Crippen LogP contribution is -2.50. The zero-order valence-corrected chi connectivity index (χ0v) is 11.5. The van der Waals surface area contributed by atoms with Gasteiger partial charge in [-0.1, -0.05) is 0 Å². The molecule has 1 fully saturated rings. The molecule has 1 aliphatic rings. The third-order valence-electron chi connectivity index (χ3n) is 2.54. The van der Waals surface area contributed by atoms with E-state index in [4.69, 9.17) is 0 Å². The maximum atomic E-state index is 11.6. The molecule has 1 aliphatic heterocycles. The normalized spacial score (nSPS) is 17.3. The Balaban J connectivity index is 2.18. The van der Waals surface area contributed by atoms with Gasteiger partial charge < -0.3 is 16.0 Å². The Kier molecular flexibility index (Phi) is 5.55. The van der Waals surface area contributed by atoms with Crippen LogP contribution in [0, 0.1) is 0 Å². The van der Waals surface area contributed by atoms with Crippen molar-refractivity contribution in [2.75, 3.05) is 39.3 Å². The van der Waals surface area contributed by atoms with E-state index in [1.165, 1.54) is 0 Å². The molecule has 0 bridgehead atoms. The van der Waals surface area contributed by atoms with Gasteiger partial charge in [0.2, 0.25) is 11.8 Å². The van der Waals surface area contributed by atoms with Crippen molar-refractivity contribution in [2.45, 2.75) is 26.3 Å². The minimum absolute atomic E-state index is 0.0438. The molecule has 1 rings (SSSR count). The third kappa shape index (κ3) is 6.56. The van der Waals surface area contributed by atoms with E-state index in [0.717, 1.165) is 26.2 Å². The molecule has 6 heteroatoms. The number of nitrogens with zero attached hydrogens (tertiary/aromatic N) is 1. The van der Waals surface area contributed by atoms with Gasteiger partial charge in [-0.25, -0.2) is 0 Å². The molecule has 0 aliphatic carbocycles. The van der Waals surface area contributed by atoms with Crippen molar-refractivity contribution in [2.24, 2.45) is 0 Å². The number of hydrogen-bond acceptors (Lipinski definition) is 4. The fourth-order valence-electron chi connectivity index (χ4n) is 1.77. The molecule has 1 saturated heterocycles. The molecule has 0 spiro atoms. The SMILES string of the molecule is CC(C)(C)NC(=O)CNC(=O)CN1CCNCC1. The molecule has 104 valence electrons. The van der Waals surface area contributed by atoms with Gasteiger partial charge in [-0.2, -0.15) is 0 Å². The highest BCUT2D eigenvalue weighted by Crippen LogP contribution is 1.97. The van der Waals surface area contributed by atoms with Gasteiger partial charge in [-0.3, -0.25) is 14.5 Å². The van der Waals surface area contributed by atoms with E-state index in [2.05, 4.69) is 20.9 Å². The number of carbonyl (C=O) groups excluding carboxylic acids is 2. The van der Waals surface area contributed by atoms with Crippen molar-refractivity contribution in [3.05, 3.63) is 0 Å². The van der Waals surface area contributed by atoms with Crippen LogP contribution in [0.1, 0.15) is 20.8 Å². The van der Waals surface area contributed by atoms with Gasteiger partial charge in [-0.15, -0.1) is 0 Å². The summed E-state index contributed by atoms with van der Waals surface area (Å²) in [7, 11) is 0. The highest BCUT2D eigenvalue weighted by Gasteiger charge is 2.16.